The summed E-state index contributed by atoms with van der Waals surface area (Å²) in [5.41, 5.74) is 0.580. The molecule has 2 N–H and O–H groups in total. The van der Waals surface area contributed by atoms with Crippen LogP contribution in [0.4, 0.5) is 0 Å². The van der Waals surface area contributed by atoms with E-state index in [1.807, 2.05) is 0 Å². The zero-order valence-electron chi connectivity index (χ0n) is 12.3. The highest BCUT2D eigenvalue weighted by molar-refractivity contribution is 7.89. The van der Waals surface area contributed by atoms with Crippen molar-refractivity contribution in [2.45, 2.75) is 17.7 Å². The average molecular weight is 339 g/mol. The van der Waals surface area contributed by atoms with Gasteiger partial charge in [0.2, 0.25) is 10.0 Å². The van der Waals surface area contributed by atoms with Crippen LogP contribution in [-0.2, 0) is 19.6 Å². The van der Waals surface area contributed by atoms with Crippen LogP contribution >= 0.6 is 0 Å². The number of hydrogen-bond donors (Lipinski definition) is 2. The Balaban J connectivity index is 2.11. The molecule has 0 radical (unpaired) electrons. The number of aliphatic carboxylic acids is 2. The van der Waals surface area contributed by atoms with E-state index in [1.54, 1.807) is 0 Å². The van der Waals surface area contributed by atoms with Crippen molar-refractivity contribution < 1.29 is 28.2 Å². The molecule has 0 aromatic heterocycles. The van der Waals surface area contributed by atoms with E-state index < -0.39 is 27.9 Å². The van der Waals surface area contributed by atoms with Crippen LogP contribution in [0.1, 0.15) is 18.4 Å². The number of rotatable bonds is 5. The Morgan fingerprint density at radius 2 is 1.65 bits per heavy atom. The first kappa shape index (κ1) is 17.2. The maximum atomic E-state index is 12.5. The molecule has 0 saturated carbocycles. The molecule has 1 saturated heterocycles. The van der Waals surface area contributed by atoms with Crippen LogP contribution in [0.3, 0.4) is 0 Å². The molecule has 1 aliphatic heterocycles. The Hall–Kier alpha value is -2.19. The third-order valence-electron chi connectivity index (χ3n) is 3.74. The molecular formula is C15H17NO6S. The zero-order valence-corrected chi connectivity index (χ0v) is 13.1. The van der Waals surface area contributed by atoms with Gasteiger partial charge in [0.25, 0.3) is 0 Å². The van der Waals surface area contributed by atoms with E-state index in [0.717, 1.165) is 6.08 Å². The molecular weight excluding hydrogens is 322 g/mol. The zero-order chi connectivity index (χ0) is 17.0. The third-order valence-corrected chi connectivity index (χ3v) is 5.65. The van der Waals surface area contributed by atoms with Crippen molar-refractivity contribution in [1.29, 1.82) is 0 Å². The van der Waals surface area contributed by atoms with Gasteiger partial charge in [-0.1, -0.05) is 12.1 Å². The van der Waals surface area contributed by atoms with Gasteiger partial charge in [-0.05, 0) is 36.6 Å². The topological polar surface area (TPSA) is 112 Å². The Morgan fingerprint density at radius 3 is 2.13 bits per heavy atom. The number of carboxylic acids is 2. The summed E-state index contributed by atoms with van der Waals surface area (Å²) < 4.78 is 26.3. The molecule has 0 spiro atoms. The minimum Gasteiger partial charge on any atom is -0.481 e. The molecule has 1 aliphatic rings. The Kier molecular flexibility index (Phi) is 5.17. The summed E-state index contributed by atoms with van der Waals surface area (Å²) in [6, 6.07) is 5.88. The maximum absolute atomic E-state index is 12.5. The van der Waals surface area contributed by atoms with Crippen LogP contribution in [0.5, 0.6) is 0 Å². The minimum absolute atomic E-state index is 0.110. The van der Waals surface area contributed by atoms with Crippen molar-refractivity contribution in [3.63, 3.8) is 0 Å². The lowest BCUT2D eigenvalue weighted by Crippen LogP contribution is -2.40. The minimum atomic E-state index is -3.66. The van der Waals surface area contributed by atoms with Crippen molar-refractivity contribution in [3.05, 3.63) is 35.9 Å². The molecule has 8 heteroatoms. The van der Waals surface area contributed by atoms with E-state index in [4.69, 9.17) is 10.2 Å². The van der Waals surface area contributed by atoms with Gasteiger partial charge in [0.1, 0.15) is 0 Å². The average Bonchev–Trinajstić information content (AvgIpc) is 2.53. The van der Waals surface area contributed by atoms with Gasteiger partial charge in [0.15, 0.2) is 0 Å². The molecule has 1 aromatic carbocycles. The number of carbonyl (C=O) groups is 2. The number of hydrogen-bond acceptors (Lipinski definition) is 4. The first-order chi connectivity index (χ1) is 10.8. The standard InChI is InChI=1S/C15H17NO6S/c17-14(18)6-3-11-1-4-13(5-2-11)23(21,22)16-9-7-12(8-10-16)15(19)20/h1-6,12H,7-10H2,(H,17,18)(H,19,20). The molecule has 0 unspecified atom stereocenters. The lowest BCUT2D eigenvalue weighted by Gasteiger charge is -2.29. The first-order valence-corrected chi connectivity index (χ1v) is 8.49. The smallest absolute Gasteiger partial charge is 0.328 e. The Morgan fingerprint density at radius 1 is 1.09 bits per heavy atom. The fourth-order valence-corrected chi connectivity index (χ4v) is 3.88. The normalized spacial score (nSPS) is 17.4. The molecule has 0 amide bonds. The van der Waals surface area contributed by atoms with Gasteiger partial charge < -0.3 is 10.2 Å². The SMILES string of the molecule is O=C(O)C=Cc1ccc(S(=O)(=O)N2CCC(C(=O)O)CC2)cc1. The van der Waals surface area contributed by atoms with Gasteiger partial charge in [-0.3, -0.25) is 4.79 Å². The molecule has 124 valence electrons. The number of carboxylic acid groups (broad SMARTS) is 2. The molecule has 23 heavy (non-hydrogen) atoms. The monoisotopic (exact) mass is 339 g/mol. The second-order valence-corrected chi connectivity index (χ2v) is 7.20. The van der Waals surface area contributed by atoms with Crippen LogP contribution in [0.25, 0.3) is 6.08 Å². The van der Waals surface area contributed by atoms with E-state index in [0.29, 0.717) is 18.4 Å². The predicted octanol–water partition coefficient (Wildman–Crippen LogP) is 1.27. The molecule has 0 bridgehead atoms. The highest BCUT2D eigenvalue weighted by Crippen LogP contribution is 2.24. The fraction of sp³-hybridized carbons (Fsp3) is 0.333. The van der Waals surface area contributed by atoms with E-state index in [2.05, 4.69) is 0 Å². The van der Waals surface area contributed by atoms with Crippen LogP contribution in [-0.4, -0.2) is 48.0 Å². The lowest BCUT2D eigenvalue weighted by molar-refractivity contribution is -0.143. The molecule has 0 aliphatic carbocycles. The maximum Gasteiger partial charge on any atom is 0.328 e. The van der Waals surface area contributed by atoms with E-state index in [9.17, 15) is 18.0 Å². The predicted molar refractivity (Wildman–Crippen MR) is 82.2 cm³/mol. The molecule has 1 fully saturated rings. The Bertz CT molecular complexity index is 715. The van der Waals surface area contributed by atoms with E-state index >= 15 is 0 Å². The van der Waals surface area contributed by atoms with E-state index in [-0.39, 0.29) is 18.0 Å². The van der Waals surface area contributed by atoms with Gasteiger partial charge >= 0.3 is 11.9 Å². The third kappa shape index (κ3) is 4.17. The van der Waals surface area contributed by atoms with Gasteiger partial charge in [-0.15, -0.1) is 0 Å². The summed E-state index contributed by atoms with van der Waals surface area (Å²) in [4.78, 5) is 21.5. The van der Waals surface area contributed by atoms with Crippen molar-refractivity contribution in [2.24, 2.45) is 5.92 Å². The number of nitrogens with zero attached hydrogens (tertiary/aromatic N) is 1. The molecule has 0 atom stereocenters. The molecule has 1 heterocycles. The van der Waals surface area contributed by atoms with Crippen molar-refractivity contribution in [2.75, 3.05) is 13.1 Å². The molecule has 2 rings (SSSR count). The second-order valence-electron chi connectivity index (χ2n) is 5.26. The summed E-state index contributed by atoms with van der Waals surface area (Å²) in [5, 5.41) is 17.5. The lowest BCUT2D eigenvalue weighted by atomic mass is 9.99. The van der Waals surface area contributed by atoms with E-state index in [1.165, 1.54) is 34.6 Å². The Labute approximate surface area is 133 Å². The van der Waals surface area contributed by atoms with Crippen LogP contribution in [0.15, 0.2) is 35.2 Å². The van der Waals surface area contributed by atoms with Crippen molar-refractivity contribution >= 4 is 28.0 Å². The fourth-order valence-electron chi connectivity index (χ4n) is 2.41. The molecule has 1 aromatic rings. The highest BCUT2D eigenvalue weighted by Gasteiger charge is 2.31. The van der Waals surface area contributed by atoms with Crippen LogP contribution < -0.4 is 0 Å². The summed E-state index contributed by atoms with van der Waals surface area (Å²) in [7, 11) is -3.66. The first-order valence-electron chi connectivity index (χ1n) is 7.05. The van der Waals surface area contributed by atoms with Gasteiger partial charge in [-0.2, -0.15) is 4.31 Å². The van der Waals surface area contributed by atoms with Gasteiger partial charge in [-0.25, -0.2) is 13.2 Å². The van der Waals surface area contributed by atoms with Gasteiger partial charge in [0, 0.05) is 19.2 Å². The number of sulfonamides is 1. The summed E-state index contributed by atoms with van der Waals surface area (Å²) in [6.07, 6.45) is 2.94. The summed E-state index contributed by atoms with van der Waals surface area (Å²) in [5.74, 6) is -2.47. The number of piperidine rings is 1. The second kappa shape index (κ2) is 6.93. The summed E-state index contributed by atoms with van der Waals surface area (Å²) >= 11 is 0. The van der Waals surface area contributed by atoms with Crippen LogP contribution in [0, 0.1) is 5.92 Å². The largest absolute Gasteiger partial charge is 0.481 e. The quantitative estimate of drug-likeness (QED) is 0.781. The highest BCUT2D eigenvalue weighted by atomic mass is 32.2. The number of benzene rings is 1. The summed E-state index contributed by atoms with van der Waals surface area (Å²) in [6.45, 7) is 0.361. The van der Waals surface area contributed by atoms with Crippen molar-refractivity contribution in [3.8, 4) is 0 Å². The molecule has 7 nitrogen and oxygen atoms in total. The van der Waals surface area contributed by atoms with Crippen molar-refractivity contribution in [1.82, 2.24) is 4.31 Å². The van der Waals surface area contributed by atoms with Crippen LogP contribution in [0.2, 0.25) is 0 Å². The van der Waals surface area contributed by atoms with Gasteiger partial charge in [0.05, 0.1) is 10.8 Å².